The van der Waals surface area contributed by atoms with Gasteiger partial charge in [-0.2, -0.15) is 5.10 Å². The summed E-state index contributed by atoms with van der Waals surface area (Å²) < 4.78 is 0.920. The molecule has 7 heteroatoms. The van der Waals surface area contributed by atoms with Crippen LogP contribution in [-0.4, -0.2) is 51.2 Å². The number of nitrogens with zero attached hydrogens (tertiary/aromatic N) is 5. The van der Waals surface area contributed by atoms with Crippen LogP contribution in [0.1, 0.15) is 29.8 Å². The van der Waals surface area contributed by atoms with Crippen LogP contribution in [0.25, 0.3) is 0 Å². The molecule has 2 aliphatic rings. The first kappa shape index (κ1) is 15.1. The Hall–Kier alpha value is -1.47. The Bertz CT molecular complexity index is 660. The average Bonchev–Trinajstić information content (AvgIpc) is 3.00. The average molecular weight is 377 g/mol. The van der Waals surface area contributed by atoms with Crippen molar-refractivity contribution in [3.8, 4) is 0 Å². The van der Waals surface area contributed by atoms with E-state index in [0.717, 1.165) is 49.6 Å². The molecule has 4 rings (SSSR count). The lowest BCUT2D eigenvalue weighted by molar-refractivity contribution is 0.245. The minimum absolute atomic E-state index is 0.824. The van der Waals surface area contributed by atoms with E-state index in [9.17, 15) is 0 Å². The molecular weight excluding hydrogens is 356 g/mol. The summed E-state index contributed by atoms with van der Waals surface area (Å²) in [5, 5.41) is 7.81. The van der Waals surface area contributed by atoms with E-state index >= 15 is 0 Å². The summed E-state index contributed by atoms with van der Waals surface area (Å²) in [4.78, 5) is 13.5. The highest BCUT2D eigenvalue weighted by Crippen LogP contribution is 2.23. The van der Waals surface area contributed by atoms with Gasteiger partial charge in [0.05, 0.1) is 10.2 Å². The van der Waals surface area contributed by atoms with Gasteiger partial charge in [0.25, 0.3) is 0 Å². The van der Waals surface area contributed by atoms with Crippen molar-refractivity contribution in [2.45, 2.75) is 32.2 Å². The highest BCUT2D eigenvalue weighted by atomic mass is 79.9. The molecule has 0 spiro atoms. The van der Waals surface area contributed by atoms with Gasteiger partial charge in [0, 0.05) is 50.8 Å². The van der Waals surface area contributed by atoms with Gasteiger partial charge in [0.15, 0.2) is 0 Å². The fraction of sp³-hybridized carbons (Fsp3) is 0.562. The first-order chi connectivity index (χ1) is 11.3. The molecule has 1 aliphatic heterocycles. The molecule has 23 heavy (non-hydrogen) atoms. The summed E-state index contributed by atoms with van der Waals surface area (Å²) in [6.45, 7) is 4.95. The molecule has 0 amide bonds. The number of halogens is 1. The number of aromatic amines is 1. The summed E-state index contributed by atoms with van der Waals surface area (Å²) in [7, 11) is 0. The quantitative estimate of drug-likeness (QED) is 0.889. The lowest BCUT2D eigenvalue weighted by atomic mass is 9.96. The van der Waals surface area contributed by atoms with Gasteiger partial charge in [-0.15, -0.1) is 0 Å². The van der Waals surface area contributed by atoms with Gasteiger partial charge in [-0.1, -0.05) is 0 Å². The Labute approximate surface area is 144 Å². The predicted octanol–water partition coefficient (Wildman–Crippen LogP) is 2.16. The molecule has 0 unspecified atom stereocenters. The smallest absolute Gasteiger partial charge is 0.225 e. The van der Waals surface area contributed by atoms with E-state index in [-0.39, 0.29) is 0 Å². The van der Waals surface area contributed by atoms with Gasteiger partial charge in [-0.3, -0.25) is 10.00 Å². The summed E-state index contributed by atoms with van der Waals surface area (Å²) in [6, 6.07) is 0. The van der Waals surface area contributed by atoms with Crippen LogP contribution >= 0.6 is 15.9 Å². The highest BCUT2D eigenvalue weighted by Gasteiger charge is 2.22. The van der Waals surface area contributed by atoms with Crippen molar-refractivity contribution in [1.82, 2.24) is 25.1 Å². The molecule has 3 heterocycles. The molecule has 1 saturated heterocycles. The van der Waals surface area contributed by atoms with E-state index in [4.69, 9.17) is 0 Å². The molecule has 0 atom stereocenters. The Morgan fingerprint density at radius 1 is 1.04 bits per heavy atom. The number of anilines is 1. The van der Waals surface area contributed by atoms with Crippen LogP contribution in [-0.2, 0) is 19.4 Å². The molecule has 0 bridgehead atoms. The van der Waals surface area contributed by atoms with Crippen molar-refractivity contribution < 1.29 is 0 Å². The minimum atomic E-state index is 0.824. The monoisotopic (exact) mass is 376 g/mol. The van der Waals surface area contributed by atoms with Gasteiger partial charge in [-0.25, -0.2) is 9.97 Å². The van der Waals surface area contributed by atoms with Crippen molar-refractivity contribution in [3.63, 3.8) is 0 Å². The number of hydrogen-bond acceptors (Lipinski definition) is 5. The zero-order chi connectivity index (χ0) is 15.6. The van der Waals surface area contributed by atoms with E-state index in [1.807, 2.05) is 12.4 Å². The van der Waals surface area contributed by atoms with Gasteiger partial charge < -0.3 is 4.90 Å². The maximum absolute atomic E-state index is 4.57. The van der Waals surface area contributed by atoms with E-state index in [1.165, 1.54) is 36.2 Å². The second kappa shape index (κ2) is 6.57. The molecule has 1 aliphatic carbocycles. The molecule has 122 valence electrons. The van der Waals surface area contributed by atoms with Crippen LogP contribution in [0.3, 0.4) is 0 Å². The Morgan fingerprint density at radius 3 is 2.57 bits per heavy atom. The van der Waals surface area contributed by atoms with Crippen LogP contribution < -0.4 is 4.90 Å². The van der Waals surface area contributed by atoms with Crippen molar-refractivity contribution in [2.75, 3.05) is 31.1 Å². The maximum Gasteiger partial charge on any atom is 0.225 e. The van der Waals surface area contributed by atoms with Crippen LogP contribution in [0.15, 0.2) is 16.9 Å². The van der Waals surface area contributed by atoms with Crippen molar-refractivity contribution in [3.05, 3.63) is 33.8 Å². The van der Waals surface area contributed by atoms with E-state index in [0.29, 0.717) is 0 Å². The normalized spacial score (nSPS) is 18.9. The largest absolute Gasteiger partial charge is 0.338 e. The molecule has 0 radical (unpaired) electrons. The third kappa shape index (κ3) is 3.26. The van der Waals surface area contributed by atoms with Crippen molar-refractivity contribution >= 4 is 21.9 Å². The van der Waals surface area contributed by atoms with Gasteiger partial charge >= 0.3 is 0 Å². The topological polar surface area (TPSA) is 60.9 Å². The van der Waals surface area contributed by atoms with E-state index < -0.39 is 0 Å². The third-order valence-electron chi connectivity index (χ3n) is 4.78. The molecular formula is C16H21BrN6. The molecule has 0 saturated carbocycles. The van der Waals surface area contributed by atoms with Crippen LogP contribution in [0.2, 0.25) is 0 Å². The van der Waals surface area contributed by atoms with Crippen molar-refractivity contribution in [2.24, 2.45) is 0 Å². The number of hydrogen-bond donors (Lipinski definition) is 1. The first-order valence-corrected chi connectivity index (χ1v) is 9.09. The predicted molar refractivity (Wildman–Crippen MR) is 92.5 cm³/mol. The van der Waals surface area contributed by atoms with Crippen LogP contribution in [0, 0.1) is 0 Å². The lowest BCUT2D eigenvalue weighted by Gasteiger charge is -2.34. The number of piperazine rings is 1. The summed E-state index contributed by atoms with van der Waals surface area (Å²) >= 11 is 3.38. The molecule has 2 aromatic rings. The summed E-state index contributed by atoms with van der Waals surface area (Å²) in [5.41, 5.74) is 4.11. The highest BCUT2D eigenvalue weighted by molar-refractivity contribution is 9.10. The SMILES string of the molecule is Brc1cnc(N2CCN(Cc3n[nH]c4c3CCCC4)CC2)nc1. The number of fused-ring (bicyclic) bond motifs is 1. The van der Waals surface area contributed by atoms with Crippen molar-refractivity contribution in [1.29, 1.82) is 0 Å². The molecule has 1 N–H and O–H groups in total. The number of H-pyrrole nitrogens is 1. The first-order valence-electron chi connectivity index (χ1n) is 8.29. The van der Waals surface area contributed by atoms with Gasteiger partial charge in [0.2, 0.25) is 5.95 Å². The van der Waals surface area contributed by atoms with Crippen LogP contribution in [0.5, 0.6) is 0 Å². The maximum atomic E-state index is 4.57. The second-order valence-electron chi connectivity index (χ2n) is 6.30. The van der Waals surface area contributed by atoms with E-state index in [2.05, 4.69) is 45.9 Å². The van der Waals surface area contributed by atoms with E-state index in [1.54, 1.807) is 0 Å². The number of nitrogens with one attached hydrogen (secondary N) is 1. The molecule has 1 fully saturated rings. The third-order valence-corrected chi connectivity index (χ3v) is 5.19. The molecule has 0 aromatic carbocycles. The number of rotatable bonds is 3. The standard InChI is InChI=1S/C16H21BrN6/c17-12-9-18-16(19-10-12)23-7-5-22(6-8-23)11-15-13-3-1-2-4-14(13)20-21-15/h9-10H,1-8,11H2,(H,20,21). The fourth-order valence-corrected chi connectivity index (χ4v) is 3.67. The number of aryl methyl sites for hydroxylation is 1. The second-order valence-corrected chi connectivity index (χ2v) is 7.21. The summed E-state index contributed by atoms with van der Waals surface area (Å²) in [6.07, 6.45) is 8.56. The Balaban J connectivity index is 1.36. The minimum Gasteiger partial charge on any atom is -0.338 e. The molecule has 6 nitrogen and oxygen atoms in total. The fourth-order valence-electron chi connectivity index (χ4n) is 3.47. The van der Waals surface area contributed by atoms with Crippen LogP contribution in [0.4, 0.5) is 5.95 Å². The summed E-state index contributed by atoms with van der Waals surface area (Å²) in [5.74, 6) is 0.824. The Morgan fingerprint density at radius 2 is 1.78 bits per heavy atom. The lowest BCUT2D eigenvalue weighted by Crippen LogP contribution is -2.46. The zero-order valence-corrected chi connectivity index (χ0v) is 14.7. The van der Waals surface area contributed by atoms with Gasteiger partial charge in [-0.05, 0) is 47.2 Å². The molecule has 2 aromatic heterocycles. The number of aromatic nitrogens is 4. The Kier molecular flexibility index (Phi) is 4.31. The zero-order valence-electron chi connectivity index (χ0n) is 13.1. The van der Waals surface area contributed by atoms with Gasteiger partial charge in [0.1, 0.15) is 0 Å².